The van der Waals surface area contributed by atoms with Crippen LogP contribution in [0.1, 0.15) is 45.3 Å². The molecule has 2 heterocycles. The standard InChI is InChI=1S/C14H23N5/c1-11(2)17-8-14-16-5-6-18(14)9-13-7-15-10-19(13)12(3)4/h5-7,10-12,17H,8-9H2,1-4H3. The molecule has 104 valence electrons. The van der Waals surface area contributed by atoms with Gasteiger partial charge in [-0.15, -0.1) is 0 Å². The van der Waals surface area contributed by atoms with Crippen molar-refractivity contribution in [3.63, 3.8) is 0 Å². The van der Waals surface area contributed by atoms with Crippen LogP contribution in [0.5, 0.6) is 0 Å². The lowest BCUT2D eigenvalue weighted by Gasteiger charge is -2.14. The molecule has 2 rings (SSSR count). The van der Waals surface area contributed by atoms with Crippen LogP contribution in [0, 0.1) is 0 Å². The maximum atomic E-state index is 4.41. The fourth-order valence-corrected chi connectivity index (χ4v) is 2.04. The Morgan fingerprint density at radius 1 is 1.26 bits per heavy atom. The van der Waals surface area contributed by atoms with Gasteiger partial charge < -0.3 is 14.5 Å². The maximum absolute atomic E-state index is 4.41. The van der Waals surface area contributed by atoms with E-state index in [1.807, 2.05) is 24.9 Å². The summed E-state index contributed by atoms with van der Waals surface area (Å²) in [6.07, 6.45) is 7.70. The van der Waals surface area contributed by atoms with Gasteiger partial charge in [-0.3, -0.25) is 0 Å². The summed E-state index contributed by atoms with van der Waals surface area (Å²) in [6, 6.07) is 0.893. The van der Waals surface area contributed by atoms with Gasteiger partial charge in [-0.2, -0.15) is 0 Å². The quantitative estimate of drug-likeness (QED) is 0.867. The lowest BCUT2D eigenvalue weighted by Crippen LogP contribution is -2.24. The number of rotatable bonds is 6. The highest BCUT2D eigenvalue weighted by molar-refractivity contribution is 5.04. The van der Waals surface area contributed by atoms with Crippen molar-refractivity contribution < 1.29 is 0 Å². The summed E-state index contributed by atoms with van der Waals surface area (Å²) in [5.41, 5.74) is 1.21. The van der Waals surface area contributed by atoms with Gasteiger partial charge in [0, 0.05) is 30.7 Å². The van der Waals surface area contributed by atoms with E-state index in [0.717, 1.165) is 18.9 Å². The third-order valence-electron chi connectivity index (χ3n) is 3.11. The van der Waals surface area contributed by atoms with E-state index in [2.05, 4.69) is 52.1 Å². The second-order valence-corrected chi connectivity index (χ2v) is 5.39. The van der Waals surface area contributed by atoms with Gasteiger partial charge in [0.1, 0.15) is 5.82 Å². The van der Waals surface area contributed by atoms with Gasteiger partial charge in [0.05, 0.1) is 25.1 Å². The van der Waals surface area contributed by atoms with Crippen LogP contribution in [0.25, 0.3) is 0 Å². The molecule has 5 heteroatoms. The number of hydrogen-bond donors (Lipinski definition) is 1. The monoisotopic (exact) mass is 261 g/mol. The highest BCUT2D eigenvalue weighted by Gasteiger charge is 2.09. The van der Waals surface area contributed by atoms with Crippen LogP contribution >= 0.6 is 0 Å². The Hall–Kier alpha value is -1.62. The SMILES string of the molecule is CC(C)NCc1nccn1Cc1cncn1C(C)C. The molecule has 1 N–H and O–H groups in total. The first-order chi connectivity index (χ1) is 9.08. The highest BCUT2D eigenvalue weighted by atomic mass is 15.1. The van der Waals surface area contributed by atoms with Crippen LogP contribution in [0.15, 0.2) is 24.9 Å². The Balaban J connectivity index is 2.10. The van der Waals surface area contributed by atoms with E-state index in [9.17, 15) is 0 Å². The average Bonchev–Trinajstić information content (AvgIpc) is 2.96. The highest BCUT2D eigenvalue weighted by Crippen LogP contribution is 2.11. The summed E-state index contributed by atoms with van der Waals surface area (Å²) in [7, 11) is 0. The van der Waals surface area contributed by atoms with Gasteiger partial charge in [-0.05, 0) is 13.8 Å². The third-order valence-corrected chi connectivity index (χ3v) is 3.11. The van der Waals surface area contributed by atoms with E-state index in [4.69, 9.17) is 0 Å². The van der Waals surface area contributed by atoms with E-state index in [1.54, 1.807) is 0 Å². The molecule has 5 nitrogen and oxygen atoms in total. The molecule has 0 fully saturated rings. The lowest BCUT2D eigenvalue weighted by molar-refractivity contribution is 0.534. The van der Waals surface area contributed by atoms with Crippen LogP contribution in [-0.2, 0) is 13.1 Å². The van der Waals surface area contributed by atoms with Gasteiger partial charge in [-0.1, -0.05) is 13.8 Å². The molecule has 2 aromatic heterocycles. The normalized spacial score (nSPS) is 11.7. The Labute approximate surface area is 114 Å². The van der Waals surface area contributed by atoms with E-state index in [0.29, 0.717) is 12.1 Å². The van der Waals surface area contributed by atoms with E-state index in [1.165, 1.54) is 5.69 Å². The zero-order chi connectivity index (χ0) is 13.8. The van der Waals surface area contributed by atoms with Crippen molar-refractivity contribution in [2.24, 2.45) is 0 Å². The van der Waals surface area contributed by atoms with Gasteiger partial charge in [0.2, 0.25) is 0 Å². The Morgan fingerprint density at radius 2 is 2.05 bits per heavy atom. The van der Waals surface area contributed by atoms with Crippen molar-refractivity contribution in [3.05, 3.63) is 36.4 Å². The zero-order valence-electron chi connectivity index (χ0n) is 12.2. The minimum absolute atomic E-state index is 0.429. The second-order valence-electron chi connectivity index (χ2n) is 5.39. The van der Waals surface area contributed by atoms with Crippen molar-refractivity contribution in [2.75, 3.05) is 0 Å². The van der Waals surface area contributed by atoms with Crippen LogP contribution < -0.4 is 5.32 Å². The first-order valence-electron chi connectivity index (χ1n) is 6.82. The molecule has 2 aromatic rings. The maximum Gasteiger partial charge on any atom is 0.123 e. The summed E-state index contributed by atoms with van der Waals surface area (Å²) >= 11 is 0. The van der Waals surface area contributed by atoms with E-state index >= 15 is 0 Å². The summed E-state index contributed by atoms with van der Waals surface area (Å²) in [6.45, 7) is 10.2. The first kappa shape index (κ1) is 13.8. The first-order valence-corrected chi connectivity index (χ1v) is 6.82. The smallest absolute Gasteiger partial charge is 0.123 e. The molecule has 0 atom stereocenters. The molecule has 0 aliphatic carbocycles. The van der Waals surface area contributed by atoms with Crippen molar-refractivity contribution in [3.8, 4) is 0 Å². The fourth-order valence-electron chi connectivity index (χ4n) is 2.04. The molecule has 0 spiro atoms. The molecule has 0 aliphatic heterocycles. The van der Waals surface area contributed by atoms with Crippen molar-refractivity contribution in [1.82, 2.24) is 24.4 Å². The minimum Gasteiger partial charge on any atom is -0.330 e. The average molecular weight is 261 g/mol. The van der Waals surface area contributed by atoms with Crippen LogP contribution in [0.4, 0.5) is 0 Å². The summed E-state index contributed by atoms with van der Waals surface area (Å²) in [4.78, 5) is 8.66. The molecular weight excluding hydrogens is 238 g/mol. The Kier molecular flexibility index (Phi) is 4.37. The van der Waals surface area contributed by atoms with Gasteiger partial charge >= 0.3 is 0 Å². The Morgan fingerprint density at radius 3 is 2.74 bits per heavy atom. The predicted octanol–water partition coefficient (Wildman–Crippen LogP) is 2.21. The lowest BCUT2D eigenvalue weighted by atomic mass is 10.3. The number of imidazole rings is 2. The van der Waals surface area contributed by atoms with Crippen molar-refractivity contribution in [2.45, 2.75) is 52.9 Å². The van der Waals surface area contributed by atoms with E-state index < -0.39 is 0 Å². The van der Waals surface area contributed by atoms with Crippen LogP contribution in [-0.4, -0.2) is 25.1 Å². The topological polar surface area (TPSA) is 47.7 Å². The molecule has 0 radical (unpaired) electrons. The van der Waals surface area contributed by atoms with Crippen molar-refractivity contribution in [1.29, 1.82) is 0 Å². The zero-order valence-corrected chi connectivity index (χ0v) is 12.2. The molecule has 0 amide bonds. The number of nitrogens with one attached hydrogen (secondary N) is 1. The molecule has 19 heavy (non-hydrogen) atoms. The fraction of sp³-hybridized carbons (Fsp3) is 0.571. The third kappa shape index (κ3) is 3.44. The molecule has 0 unspecified atom stereocenters. The van der Waals surface area contributed by atoms with Gasteiger partial charge in [0.15, 0.2) is 0 Å². The second kappa shape index (κ2) is 6.02. The summed E-state index contributed by atoms with van der Waals surface area (Å²) in [5, 5.41) is 3.40. The number of aromatic nitrogens is 4. The Bertz CT molecular complexity index is 509. The molecule has 0 aliphatic rings. The number of hydrogen-bond acceptors (Lipinski definition) is 3. The molecule has 0 saturated heterocycles. The van der Waals surface area contributed by atoms with Crippen LogP contribution in [0.3, 0.4) is 0 Å². The van der Waals surface area contributed by atoms with E-state index in [-0.39, 0.29) is 0 Å². The van der Waals surface area contributed by atoms with Gasteiger partial charge in [0.25, 0.3) is 0 Å². The molecule has 0 bridgehead atoms. The summed E-state index contributed by atoms with van der Waals surface area (Å²) in [5.74, 6) is 1.06. The molecule has 0 saturated carbocycles. The molecular formula is C14H23N5. The van der Waals surface area contributed by atoms with Gasteiger partial charge in [-0.25, -0.2) is 9.97 Å². The van der Waals surface area contributed by atoms with Crippen LogP contribution in [0.2, 0.25) is 0 Å². The minimum atomic E-state index is 0.429. The van der Waals surface area contributed by atoms with Crippen molar-refractivity contribution >= 4 is 0 Å². The largest absolute Gasteiger partial charge is 0.330 e. The predicted molar refractivity (Wildman–Crippen MR) is 75.9 cm³/mol. The summed E-state index contributed by atoms with van der Waals surface area (Å²) < 4.78 is 4.37. The molecule has 0 aromatic carbocycles. The number of nitrogens with zero attached hydrogens (tertiary/aromatic N) is 4.